The summed E-state index contributed by atoms with van der Waals surface area (Å²) in [6.45, 7) is 0. The summed E-state index contributed by atoms with van der Waals surface area (Å²) in [5, 5.41) is 9.12. The van der Waals surface area contributed by atoms with Crippen molar-refractivity contribution in [2.45, 2.75) is 6.42 Å². The molecule has 0 radical (unpaired) electrons. The second kappa shape index (κ2) is 10.2. The highest BCUT2D eigenvalue weighted by atomic mass is 19.1. The second-order valence-electron chi connectivity index (χ2n) is 7.89. The molecule has 2 amide bonds. The number of hydrogen-bond donors (Lipinski definition) is 2. The summed E-state index contributed by atoms with van der Waals surface area (Å²) in [5.41, 5.74) is 2.79. The first kappa shape index (κ1) is 23.5. The van der Waals surface area contributed by atoms with Gasteiger partial charge in [0.2, 0.25) is 17.7 Å². The average Bonchev–Trinajstić information content (AvgIpc) is 3.33. The number of pyridine rings is 1. The number of benzene rings is 2. The van der Waals surface area contributed by atoms with E-state index in [1.807, 2.05) is 18.2 Å². The molecule has 0 spiro atoms. The molecule has 0 saturated carbocycles. The van der Waals surface area contributed by atoms with Gasteiger partial charge in [-0.2, -0.15) is 10.1 Å². The number of halogens is 2. The molecule has 184 valence electrons. The smallest absolute Gasteiger partial charge is 0.247 e. The molecule has 2 aromatic carbocycles. The van der Waals surface area contributed by atoms with Gasteiger partial charge in [0.25, 0.3) is 0 Å². The molecular formula is C26H18F2N6O3. The summed E-state index contributed by atoms with van der Waals surface area (Å²) >= 11 is 0. The topological polar surface area (TPSA) is 111 Å². The van der Waals surface area contributed by atoms with Gasteiger partial charge in [0.15, 0.2) is 11.6 Å². The van der Waals surface area contributed by atoms with Crippen molar-refractivity contribution >= 4 is 28.7 Å². The van der Waals surface area contributed by atoms with E-state index in [1.165, 1.54) is 42.7 Å². The van der Waals surface area contributed by atoms with Crippen LogP contribution in [-0.4, -0.2) is 31.4 Å². The number of nitrogens with zero attached hydrogens (tertiary/aromatic N) is 4. The number of hydrogen-bond acceptors (Lipinski definition) is 6. The number of nitrogens with one attached hydrogen (secondary N) is 2. The van der Waals surface area contributed by atoms with E-state index in [-0.39, 0.29) is 17.3 Å². The molecule has 0 atom stereocenters. The van der Waals surface area contributed by atoms with Crippen molar-refractivity contribution in [3.8, 4) is 22.8 Å². The first-order chi connectivity index (χ1) is 17.9. The molecule has 37 heavy (non-hydrogen) atoms. The van der Waals surface area contributed by atoms with Crippen LogP contribution in [0.15, 0.2) is 85.6 Å². The molecular weight excluding hydrogens is 482 g/mol. The molecule has 0 saturated heterocycles. The average molecular weight is 500 g/mol. The summed E-state index contributed by atoms with van der Waals surface area (Å²) in [6, 6.07) is 14.5. The molecule has 5 aromatic rings. The van der Waals surface area contributed by atoms with Gasteiger partial charge in [0.1, 0.15) is 24.1 Å². The van der Waals surface area contributed by atoms with Crippen molar-refractivity contribution < 1.29 is 23.1 Å². The summed E-state index contributed by atoms with van der Waals surface area (Å²) in [5.74, 6) is -2.41. The monoisotopic (exact) mass is 500 g/mol. The van der Waals surface area contributed by atoms with Gasteiger partial charge in [-0.1, -0.05) is 0 Å². The van der Waals surface area contributed by atoms with Crippen LogP contribution in [0.5, 0.6) is 11.6 Å². The quantitative estimate of drug-likeness (QED) is 0.310. The van der Waals surface area contributed by atoms with E-state index in [4.69, 9.17) is 4.74 Å². The Bertz CT molecular complexity index is 1590. The van der Waals surface area contributed by atoms with Crippen molar-refractivity contribution in [2.75, 3.05) is 10.6 Å². The lowest BCUT2D eigenvalue weighted by atomic mass is 10.1. The Morgan fingerprint density at radius 3 is 2.30 bits per heavy atom. The van der Waals surface area contributed by atoms with Crippen molar-refractivity contribution in [1.29, 1.82) is 0 Å². The summed E-state index contributed by atoms with van der Waals surface area (Å²) in [6.07, 6.45) is 5.93. The van der Waals surface area contributed by atoms with Crippen molar-refractivity contribution in [3.63, 3.8) is 0 Å². The Morgan fingerprint density at radius 1 is 0.865 bits per heavy atom. The molecule has 0 aliphatic carbocycles. The molecule has 3 heterocycles. The standard InChI is InChI=1S/C26H18F2N6O3/c27-18-1-3-19(4-2-18)32-24(35)13-25(36)33-20-5-6-23(21(28)12-20)37-26-22-11-17(14-34(22)31-15-30-26)16-7-9-29-10-8-16/h1-12,14-15H,13H2,(H,32,35)(H,33,36). The number of carbonyl (C=O) groups excluding carboxylic acids is 2. The number of anilines is 2. The third-order valence-electron chi connectivity index (χ3n) is 5.26. The molecule has 9 nitrogen and oxygen atoms in total. The normalized spacial score (nSPS) is 10.8. The lowest BCUT2D eigenvalue weighted by Gasteiger charge is -2.10. The number of rotatable bonds is 7. The zero-order valence-corrected chi connectivity index (χ0v) is 19.1. The van der Waals surface area contributed by atoms with Crippen LogP contribution in [0, 0.1) is 11.6 Å². The highest BCUT2D eigenvalue weighted by Gasteiger charge is 2.15. The summed E-state index contributed by atoms with van der Waals surface area (Å²) < 4.78 is 35.0. The molecule has 0 bridgehead atoms. The van der Waals surface area contributed by atoms with Crippen LogP contribution in [0.25, 0.3) is 16.6 Å². The molecule has 11 heteroatoms. The van der Waals surface area contributed by atoms with Gasteiger partial charge in [-0.25, -0.2) is 13.3 Å². The lowest BCUT2D eigenvalue weighted by molar-refractivity contribution is -0.123. The molecule has 0 aliphatic rings. The van der Waals surface area contributed by atoms with Crippen LogP contribution >= 0.6 is 0 Å². The SMILES string of the molecule is O=C(CC(=O)Nc1ccc(Oc2ncnn3cc(-c4ccncc4)cc23)c(F)c1)Nc1ccc(F)cc1. The van der Waals surface area contributed by atoms with Crippen LogP contribution in [0.1, 0.15) is 6.42 Å². The highest BCUT2D eigenvalue weighted by Crippen LogP contribution is 2.30. The van der Waals surface area contributed by atoms with E-state index in [1.54, 1.807) is 23.1 Å². The van der Waals surface area contributed by atoms with Gasteiger partial charge in [-0.15, -0.1) is 0 Å². The molecule has 0 unspecified atom stereocenters. The first-order valence-electron chi connectivity index (χ1n) is 11.0. The Balaban J connectivity index is 1.25. The van der Waals surface area contributed by atoms with Crippen LogP contribution < -0.4 is 15.4 Å². The number of ether oxygens (including phenoxy) is 1. The maximum absolute atomic E-state index is 14.8. The minimum Gasteiger partial charge on any atom is -0.434 e. The Labute approximate surface area is 208 Å². The van der Waals surface area contributed by atoms with Crippen molar-refractivity contribution in [3.05, 3.63) is 97.2 Å². The predicted molar refractivity (Wildman–Crippen MR) is 131 cm³/mol. The van der Waals surface area contributed by atoms with Crippen LogP contribution in [0.4, 0.5) is 20.2 Å². The van der Waals surface area contributed by atoms with Gasteiger partial charge in [-0.05, 0) is 60.2 Å². The van der Waals surface area contributed by atoms with E-state index in [9.17, 15) is 18.4 Å². The van der Waals surface area contributed by atoms with Gasteiger partial charge >= 0.3 is 0 Å². The lowest BCUT2D eigenvalue weighted by Crippen LogP contribution is -2.21. The van der Waals surface area contributed by atoms with Crippen LogP contribution in [0.3, 0.4) is 0 Å². The van der Waals surface area contributed by atoms with Crippen molar-refractivity contribution in [1.82, 2.24) is 19.6 Å². The number of aromatic nitrogens is 4. The van der Waals surface area contributed by atoms with Crippen molar-refractivity contribution in [2.24, 2.45) is 0 Å². The van der Waals surface area contributed by atoms with Gasteiger partial charge in [0, 0.05) is 41.6 Å². The number of carbonyl (C=O) groups is 2. The first-order valence-corrected chi connectivity index (χ1v) is 11.0. The Hall–Kier alpha value is -5.19. The van der Waals surface area contributed by atoms with Gasteiger partial charge < -0.3 is 15.4 Å². The third-order valence-corrected chi connectivity index (χ3v) is 5.26. The zero-order chi connectivity index (χ0) is 25.8. The fourth-order valence-electron chi connectivity index (χ4n) is 3.54. The summed E-state index contributed by atoms with van der Waals surface area (Å²) in [7, 11) is 0. The van der Waals surface area contributed by atoms with E-state index in [2.05, 4.69) is 25.7 Å². The fourth-order valence-corrected chi connectivity index (χ4v) is 3.54. The van der Waals surface area contributed by atoms with Gasteiger partial charge in [-0.3, -0.25) is 14.6 Å². The fraction of sp³-hybridized carbons (Fsp3) is 0.0385. The van der Waals surface area contributed by atoms with E-state index < -0.39 is 29.9 Å². The van der Waals surface area contributed by atoms with Crippen LogP contribution in [-0.2, 0) is 9.59 Å². The largest absolute Gasteiger partial charge is 0.434 e. The van der Waals surface area contributed by atoms with E-state index >= 15 is 0 Å². The van der Waals surface area contributed by atoms with Gasteiger partial charge in [0.05, 0.1) is 0 Å². The Kier molecular flexibility index (Phi) is 6.49. The Morgan fingerprint density at radius 2 is 1.57 bits per heavy atom. The maximum Gasteiger partial charge on any atom is 0.247 e. The molecule has 2 N–H and O–H groups in total. The number of amides is 2. The molecule has 3 aromatic heterocycles. The van der Waals surface area contributed by atoms with Crippen LogP contribution in [0.2, 0.25) is 0 Å². The minimum absolute atomic E-state index is 0.112. The van der Waals surface area contributed by atoms with E-state index in [0.29, 0.717) is 11.2 Å². The predicted octanol–water partition coefficient (Wildman–Crippen LogP) is 4.83. The molecule has 5 rings (SSSR count). The molecule has 0 aliphatic heterocycles. The third kappa shape index (κ3) is 5.56. The minimum atomic E-state index is -0.744. The van der Waals surface area contributed by atoms with E-state index in [0.717, 1.165) is 17.2 Å². The summed E-state index contributed by atoms with van der Waals surface area (Å²) in [4.78, 5) is 32.4. The number of fused-ring (bicyclic) bond motifs is 1. The maximum atomic E-state index is 14.8. The molecule has 0 fully saturated rings. The second-order valence-corrected chi connectivity index (χ2v) is 7.89. The zero-order valence-electron chi connectivity index (χ0n) is 19.1. The highest BCUT2D eigenvalue weighted by molar-refractivity contribution is 6.08.